The zero-order valence-corrected chi connectivity index (χ0v) is 17.6. The minimum Gasteiger partial charge on any atom is -0.490 e. The van der Waals surface area contributed by atoms with Crippen molar-refractivity contribution in [2.45, 2.75) is 70.2 Å². The fourth-order valence-corrected chi connectivity index (χ4v) is 4.77. The molecule has 0 saturated carbocycles. The lowest BCUT2D eigenvalue weighted by molar-refractivity contribution is 0.0661. The number of carbonyl (C=O) groups excluding carboxylic acids is 1. The third kappa shape index (κ3) is 4.81. The van der Waals surface area contributed by atoms with Gasteiger partial charge in [0.2, 0.25) is 0 Å². The molecule has 1 unspecified atom stereocenters. The predicted octanol–water partition coefficient (Wildman–Crippen LogP) is 4.57. The quantitative estimate of drug-likeness (QED) is 0.750. The van der Waals surface area contributed by atoms with Crippen molar-refractivity contribution < 1.29 is 9.53 Å². The Morgan fingerprint density at radius 2 is 1.79 bits per heavy atom. The molecule has 4 heteroatoms. The molecule has 2 bridgehead atoms. The average molecular weight is 393 g/mol. The minimum atomic E-state index is -0.0359. The summed E-state index contributed by atoms with van der Waals surface area (Å²) < 4.78 is 6.31. The highest BCUT2D eigenvalue weighted by atomic mass is 16.5. The van der Waals surface area contributed by atoms with Gasteiger partial charge < -0.3 is 15.0 Å². The van der Waals surface area contributed by atoms with Gasteiger partial charge in [-0.3, -0.25) is 4.79 Å². The third-order valence-electron chi connectivity index (χ3n) is 6.46. The van der Waals surface area contributed by atoms with E-state index >= 15 is 0 Å². The van der Waals surface area contributed by atoms with Crippen LogP contribution < -0.4 is 10.1 Å². The Bertz CT molecular complexity index is 819. The molecule has 2 aliphatic rings. The minimum absolute atomic E-state index is 0.0359. The summed E-state index contributed by atoms with van der Waals surface area (Å²) in [5.41, 5.74) is 3.05. The number of nitrogens with zero attached hydrogens (tertiary/aromatic N) is 1. The number of carbonyl (C=O) groups is 1. The van der Waals surface area contributed by atoms with E-state index in [-0.39, 0.29) is 5.91 Å². The normalized spacial score (nSPS) is 23.7. The molecule has 4 rings (SSSR count). The average Bonchev–Trinajstić information content (AvgIpc) is 2.94. The van der Waals surface area contributed by atoms with E-state index < -0.39 is 0 Å². The number of rotatable bonds is 7. The maximum atomic E-state index is 12.5. The summed E-state index contributed by atoms with van der Waals surface area (Å²) >= 11 is 0. The molecule has 29 heavy (non-hydrogen) atoms. The molecule has 2 aromatic carbocycles. The predicted molar refractivity (Wildman–Crippen MR) is 116 cm³/mol. The van der Waals surface area contributed by atoms with Crippen LogP contribution in [0.2, 0.25) is 0 Å². The van der Waals surface area contributed by atoms with Gasteiger partial charge in [-0.25, -0.2) is 0 Å². The van der Waals surface area contributed by atoms with E-state index in [1.54, 1.807) is 0 Å². The molecule has 0 spiro atoms. The van der Waals surface area contributed by atoms with E-state index in [4.69, 9.17) is 4.74 Å². The summed E-state index contributed by atoms with van der Waals surface area (Å²) in [7, 11) is 2.25. The first kappa shape index (κ1) is 20.0. The molecule has 2 aromatic rings. The van der Waals surface area contributed by atoms with Crippen LogP contribution in [-0.2, 0) is 13.0 Å². The van der Waals surface area contributed by atoms with Gasteiger partial charge in [0.1, 0.15) is 11.9 Å². The van der Waals surface area contributed by atoms with E-state index in [0.29, 0.717) is 30.3 Å². The molecule has 2 saturated heterocycles. The number of hydrogen-bond acceptors (Lipinski definition) is 3. The Morgan fingerprint density at radius 3 is 2.48 bits per heavy atom. The molecule has 4 nitrogen and oxygen atoms in total. The molecule has 0 aromatic heterocycles. The van der Waals surface area contributed by atoms with Crippen LogP contribution in [0.25, 0.3) is 0 Å². The molecule has 2 heterocycles. The SMILES string of the molecule is CCCc1ccc(C(=O)NCc2cccc(OC3C[C@H]4CC[C@@H](C3)N4C)c2)cc1. The number of fused-ring (bicyclic) bond motifs is 2. The highest BCUT2D eigenvalue weighted by Gasteiger charge is 2.39. The van der Waals surface area contributed by atoms with Crippen molar-refractivity contribution in [3.8, 4) is 5.75 Å². The molecule has 2 aliphatic heterocycles. The van der Waals surface area contributed by atoms with Crippen LogP contribution in [0, 0.1) is 0 Å². The van der Waals surface area contributed by atoms with E-state index in [2.05, 4.69) is 30.3 Å². The number of ether oxygens (including phenoxy) is 1. The van der Waals surface area contributed by atoms with Crippen molar-refractivity contribution in [3.63, 3.8) is 0 Å². The summed E-state index contributed by atoms with van der Waals surface area (Å²) in [6.45, 7) is 2.67. The molecular formula is C25H32N2O2. The Balaban J connectivity index is 1.31. The number of nitrogens with one attached hydrogen (secondary N) is 1. The fourth-order valence-electron chi connectivity index (χ4n) is 4.77. The topological polar surface area (TPSA) is 41.6 Å². The molecule has 3 atom stereocenters. The van der Waals surface area contributed by atoms with Crippen LogP contribution in [0.5, 0.6) is 5.75 Å². The summed E-state index contributed by atoms with van der Waals surface area (Å²) in [5, 5.41) is 3.03. The van der Waals surface area contributed by atoms with Gasteiger partial charge in [0, 0.05) is 24.2 Å². The number of aryl methyl sites for hydroxylation is 1. The van der Waals surface area contributed by atoms with Crippen molar-refractivity contribution in [1.82, 2.24) is 10.2 Å². The second kappa shape index (κ2) is 9.00. The summed E-state index contributed by atoms with van der Waals surface area (Å²) in [6, 6.07) is 17.4. The van der Waals surface area contributed by atoms with E-state index in [1.807, 2.05) is 42.5 Å². The zero-order valence-electron chi connectivity index (χ0n) is 17.6. The van der Waals surface area contributed by atoms with Crippen LogP contribution in [0.3, 0.4) is 0 Å². The maximum absolute atomic E-state index is 12.5. The van der Waals surface area contributed by atoms with Gasteiger partial charge in [-0.15, -0.1) is 0 Å². The third-order valence-corrected chi connectivity index (χ3v) is 6.46. The van der Waals surface area contributed by atoms with Crippen molar-refractivity contribution in [2.75, 3.05) is 7.05 Å². The van der Waals surface area contributed by atoms with Gasteiger partial charge in [-0.2, -0.15) is 0 Å². The largest absolute Gasteiger partial charge is 0.490 e. The van der Waals surface area contributed by atoms with Gasteiger partial charge in [0.05, 0.1) is 0 Å². The van der Waals surface area contributed by atoms with Gasteiger partial charge in [0.25, 0.3) is 5.91 Å². The monoisotopic (exact) mass is 392 g/mol. The first-order chi connectivity index (χ1) is 14.1. The number of piperidine rings is 1. The molecule has 0 aliphatic carbocycles. The lowest BCUT2D eigenvalue weighted by atomic mass is 10.0. The Kier molecular flexibility index (Phi) is 6.19. The van der Waals surface area contributed by atoms with Crippen molar-refractivity contribution in [3.05, 3.63) is 65.2 Å². The first-order valence-corrected chi connectivity index (χ1v) is 11.0. The Labute approximate surface area is 174 Å². The molecule has 154 valence electrons. The van der Waals surface area contributed by atoms with Crippen LogP contribution in [0.1, 0.15) is 60.5 Å². The summed E-state index contributed by atoms with van der Waals surface area (Å²) in [4.78, 5) is 15.0. The first-order valence-electron chi connectivity index (χ1n) is 11.0. The summed E-state index contributed by atoms with van der Waals surface area (Å²) in [5.74, 6) is 0.876. The van der Waals surface area contributed by atoms with Crippen LogP contribution in [0.4, 0.5) is 0 Å². The van der Waals surface area contributed by atoms with Gasteiger partial charge in [-0.1, -0.05) is 37.6 Å². The van der Waals surface area contributed by atoms with E-state index in [0.717, 1.165) is 37.0 Å². The second-order valence-electron chi connectivity index (χ2n) is 8.54. The maximum Gasteiger partial charge on any atom is 0.251 e. The van der Waals surface area contributed by atoms with Crippen molar-refractivity contribution in [2.24, 2.45) is 0 Å². The van der Waals surface area contributed by atoms with Crippen LogP contribution >= 0.6 is 0 Å². The highest BCUT2D eigenvalue weighted by Crippen LogP contribution is 2.36. The standard InChI is InChI=1S/C25H32N2O2/c1-3-5-18-8-10-20(11-9-18)25(28)26-17-19-6-4-7-23(14-19)29-24-15-21-12-13-22(16-24)27(21)2/h4,6-11,14,21-22,24H,3,5,12-13,15-17H2,1-2H3,(H,26,28)/t21-,22+,24?. The van der Waals surface area contributed by atoms with E-state index in [1.165, 1.54) is 18.4 Å². The second-order valence-corrected chi connectivity index (χ2v) is 8.54. The van der Waals surface area contributed by atoms with Crippen LogP contribution in [0.15, 0.2) is 48.5 Å². The number of benzene rings is 2. The molecule has 0 radical (unpaired) electrons. The van der Waals surface area contributed by atoms with E-state index in [9.17, 15) is 4.79 Å². The van der Waals surface area contributed by atoms with Crippen LogP contribution in [-0.4, -0.2) is 36.0 Å². The van der Waals surface area contributed by atoms with Gasteiger partial charge in [-0.05, 0) is 74.5 Å². The van der Waals surface area contributed by atoms with Crippen molar-refractivity contribution in [1.29, 1.82) is 0 Å². The highest BCUT2D eigenvalue weighted by molar-refractivity contribution is 5.94. The Hall–Kier alpha value is -2.33. The van der Waals surface area contributed by atoms with Crippen molar-refractivity contribution >= 4 is 5.91 Å². The molecule has 1 amide bonds. The lowest BCUT2D eigenvalue weighted by Crippen LogP contribution is -2.43. The van der Waals surface area contributed by atoms with Gasteiger partial charge in [0.15, 0.2) is 0 Å². The molecule has 1 N–H and O–H groups in total. The smallest absolute Gasteiger partial charge is 0.251 e. The zero-order chi connectivity index (χ0) is 20.2. The number of hydrogen-bond donors (Lipinski definition) is 1. The lowest BCUT2D eigenvalue weighted by Gasteiger charge is -2.36. The molecular weight excluding hydrogens is 360 g/mol. The fraction of sp³-hybridized carbons (Fsp3) is 0.480. The van der Waals surface area contributed by atoms with Gasteiger partial charge >= 0.3 is 0 Å². The Morgan fingerprint density at radius 1 is 1.07 bits per heavy atom. The number of amides is 1. The summed E-state index contributed by atoms with van der Waals surface area (Å²) in [6.07, 6.45) is 7.29. The molecule has 2 fully saturated rings.